The average Bonchev–Trinajstić information content (AvgIpc) is 2.74. The first-order valence-electron chi connectivity index (χ1n) is 12.7. The van der Waals surface area contributed by atoms with Crippen molar-refractivity contribution in [2.75, 3.05) is 0 Å². The van der Waals surface area contributed by atoms with Gasteiger partial charge in [-0.25, -0.2) is 0 Å². The van der Waals surface area contributed by atoms with Crippen LogP contribution in [0.3, 0.4) is 0 Å². The molecule has 0 nitrogen and oxygen atoms in total. The second-order valence-electron chi connectivity index (χ2n) is 12.3. The van der Waals surface area contributed by atoms with Crippen molar-refractivity contribution in [3.05, 3.63) is 22.3 Å². The van der Waals surface area contributed by atoms with E-state index >= 15 is 0 Å². The van der Waals surface area contributed by atoms with Gasteiger partial charge in [-0.3, -0.25) is 0 Å². The average molecular weight is 455 g/mol. The van der Waals surface area contributed by atoms with Gasteiger partial charge in [-0.05, 0) is 86.9 Å². The van der Waals surface area contributed by atoms with Crippen LogP contribution in [0.4, 0.5) is 0 Å². The molecule has 2 fully saturated rings. The Balaban J connectivity index is 1.66. The molecule has 0 aromatic rings. The molecule has 0 heterocycles. The van der Waals surface area contributed by atoms with Crippen LogP contribution in [0.2, 0.25) is 39.3 Å². The lowest BCUT2D eigenvalue weighted by Gasteiger charge is -2.36. The third-order valence-electron chi connectivity index (χ3n) is 7.27. The SMILES string of the molecule is C[Si](C)(C)C#CC1=C(C#CC#CC2=C(C#C[Si](C)(C)C)C3CCC2CC3)C2CCC1CC2. The van der Waals surface area contributed by atoms with E-state index in [1.54, 1.807) is 0 Å². The van der Waals surface area contributed by atoms with E-state index in [1.165, 1.54) is 73.7 Å². The predicted octanol–water partition coefficient (Wildman–Crippen LogP) is 6.99. The van der Waals surface area contributed by atoms with Crippen LogP contribution in [0, 0.1) is 70.3 Å². The molecule has 6 aliphatic carbocycles. The van der Waals surface area contributed by atoms with Gasteiger partial charge in [0, 0.05) is 22.3 Å². The standard InChI is InChI=1S/C30H38Si2/c1-31(2,3)21-19-29-25-15-11-23(12-16-25)27(29)9-7-8-10-28-24-13-17-26(18-14-24)30(28)20-22-32(4,5)6/h23-26H,11-18H2,1-6H3. The fraction of sp³-hybridized carbons (Fsp3) is 0.600. The molecule has 32 heavy (non-hydrogen) atoms. The Morgan fingerprint density at radius 2 is 0.688 bits per heavy atom. The van der Waals surface area contributed by atoms with Crippen molar-refractivity contribution in [1.82, 2.24) is 0 Å². The highest BCUT2D eigenvalue weighted by Gasteiger charge is 2.35. The minimum absolute atomic E-state index is 0.614. The minimum atomic E-state index is -1.38. The molecule has 0 atom stereocenters. The summed E-state index contributed by atoms with van der Waals surface area (Å²) in [5, 5.41) is 0. The zero-order chi connectivity index (χ0) is 22.9. The molecule has 6 aliphatic rings. The number of fused-ring (bicyclic) bond motifs is 4. The maximum Gasteiger partial charge on any atom is 0.129 e. The zero-order valence-corrected chi connectivity index (χ0v) is 23.0. The van der Waals surface area contributed by atoms with E-state index in [2.05, 4.69) is 85.9 Å². The maximum atomic E-state index is 3.61. The molecule has 0 unspecified atom stereocenters. The van der Waals surface area contributed by atoms with Gasteiger partial charge in [-0.2, -0.15) is 0 Å². The normalized spacial score (nSPS) is 28.6. The van der Waals surface area contributed by atoms with Crippen molar-refractivity contribution < 1.29 is 0 Å². The summed E-state index contributed by atoms with van der Waals surface area (Å²) in [5.41, 5.74) is 12.6. The van der Waals surface area contributed by atoms with E-state index < -0.39 is 16.1 Å². The summed E-state index contributed by atoms with van der Waals surface area (Å²) in [5.74, 6) is 23.3. The second kappa shape index (κ2) is 9.19. The smallest absolute Gasteiger partial charge is 0.127 e. The van der Waals surface area contributed by atoms with Gasteiger partial charge in [0.05, 0.1) is 0 Å². The Morgan fingerprint density at radius 3 is 0.938 bits per heavy atom. The fourth-order valence-corrected chi connectivity index (χ4v) is 6.62. The molecule has 6 rings (SSSR count). The van der Waals surface area contributed by atoms with Crippen LogP contribution >= 0.6 is 0 Å². The van der Waals surface area contributed by atoms with Crippen LogP contribution in [0.25, 0.3) is 0 Å². The minimum Gasteiger partial charge on any atom is -0.127 e. The summed E-state index contributed by atoms with van der Waals surface area (Å²) < 4.78 is 0. The van der Waals surface area contributed by atoms with E-state index in [9.17, 15) is 0 Å². The first-order chi connectivity index (χ1) is 15.1. The van der Waals surface area contributed by atoms with Crippen LogP contribution < -0.4 is 0 Å². The molecule has 0 spiro atoms. The number of hydrogen-bond donors (Lipinski definition) is 0. The van der Waals surface area contributed by atoms with Gasteiger partial charge in [0.2, 0.25) is 0 Å². The molecule has 0 amide bonds. The zero-order valence-electron chi connectivity index (χ0n) is 21.0. The third kappa shape index (κ3) is 5.55. The van der Waals surface area contributed by atoms with E-state index in [0.717, 1.165) is 0 Å². The molecule has 166 valence electrons. The lowest BCUT2D eigenvalue weighted by molar-refractivity contribution is 0.309. The Hall–Kier alpha value is -1.85. The van der Waals surface area contributed by atoms with Gasteiger partial charge in [0.1, 0.15) is 16.1 Å². The van der Waals surface area contributed by atoms with Crippen molar-refractivity contribution >= 4 is 16.1 Å². The molecule has 2 saturated carbocycles. The Bertz CT molecular complexity index is 981. The van der Waals surface area contributed by atoms with Crippen LogP contribution in [0.5, 0.6) is 0 Å². The third-order valence-corrected chi connectivity index (χ3v) is 9.02. The quantitative estimate of drug-likeness (QED) is 0.273. The lowest BCUT2D eigenvalue weighted by atomic mass is 9.67. The van der Waals surface area contributed by atoms with Crippen molar-refractivity contribution in [3.63, 3.8) is 0 Å². The molecular weight excluding hydrogens is 417 g/mol. The van der Waals surface area contributed by atoms with E-state index in [0.29, 0.717) is 23.7 Å². The van der Waals surface area contributed by atoms with Gasteiger partial charge in [0.15, 0.2) is 0 Å². The molecule has 4 bridgehead atoms. The molecule has 0 saturated heterocycles. The van der Waals surface area contributed by atoms with Crippen molar-refractivity contribution in [2.24, 2.45) is 23.7 Å². The summed E-state index contributed by atoms with van der Waals surface area (Å²) in [7, 11) is -2.77. The summed E-state index contributed by atoms with van der Waals surface area (Å²) in [4.78, 5) is 0. The second-order valence-corrected chi connectivity index (χ2v) is 21.8. The van der Waals surface area contributed by atoms with Gasteiger partial charge in [-0.1, -0.05) is 63.0 Å². The summed E-state index contributed by atoms with van der Waals surface area (Å²) >= 11 is 0. The van der Waals surface area contributed by atoms with Crippen molar-refractivity contribution in [2.45, 2.75) is 90.6 Å². The van der Waals surface area contributed by atoms with E-state index in [-0.39, 0.29) is 0 Å². The number of hydrogen-bond acceptors (Lipinski definition) is 0. The molecule has 0 radical (unpaired) electrons. The molecule has 0 aliphatic heterocycles. The van der Waals surface area contributed by atoms with Crippen molar-refractivity contribution in [3.8, 4) is 46.6 Å². The van der Waals surface area contributed by atoms with E-state index in [1.807, 2.05) is 0 Å². The first-order valence-corrected chi connectivity index (χ1v) is 19.7. The summed E-state index contributed by atoms with van der Waals surface area (Å²) in [6.45, 7) is 14.0. The number of allylic oxidation sites excluding steroid dienone is 4. The Kier molecular flexibility index (Phi) is 6.69. The maximum absolute atomic E-state index is 3.61. The van der Waals surface area contributed by atoms with Gasteiger partial charge in [0.25, 0.3) is 0 Å². The highest BCUT2D eigenvalue weighted by molar-refractivity contribution is 6.84. The molecule has 0 aromatic carbocycles. The highest BCUT2D eigenvalue weighted by atomic mass is 28.3. The van der Waals surface area contributed by atoms with Crippen molar-refractivity contribution in [1.29, 1.82) is 0 Å². The number of rotatable bonds is 0. The van der Waals surface area contributed by atoms with Gasteiger partial charge < -0.3 is 0 Å². The summed E-state index contributed by atoms with van der Waals surface area (Å²) in [6, 6.07) is 0. The van der Waals surface area contributed by atoms with Crippen LogP contribution in [0.1, 0.15) is 51.4 Å². The lowest BCUT2D eigenvalue weighted by Crippen LogP contribution is -2.26. The van der Waals surface area contributed by atoms with Crippen LogP contribution in [0.15, 0.2) is 22.3 Å². The molecular formula is C30H38Si2. The molecule has 2 heteroatoms. The van der Waals surface area contributed by atoms with E-state index in [4.69, 9.17) is 0 Å². The van der Waals surface area contributed by atoms with Gasteiger partial charge in [-0.15, -0.1) is 11.1 Å². The Labute approximate surface area is 199 Å². The summed E-state index contributed by atoms with van der Waals surface area (Å²) in [6.07, 6.45) is 10.3. The largest absolute Gasteiger partial charge is 0.129 e. The monoisotopic (exact) mass is 454 g/mol. The molecule has 0 aromatic heterocycles. The van der Waals surface area contributed by atoms with Gasteiger partial charge >= 0.3 is 0 Å². The predicted molar refractivity (Wildman–Crippen MR) is 143 cm³/mol. The Morgan fingerprint density at radius 1 is 0.438 bits per heavy atom. The topological polar surface area (TPSA) is 0 Å². The molecule has 0 N–H and O–H groups in total. The first kappa shape index (κ1) is 23.3. The van der Waals surface area contributed by atoms with Crippen LogP contribution in [-0.2, 0) is 0 Å². The fourth-order valence-electron chi connectivity index (χ4n) is 5.61. The van der Waals surface area contributed by atoms with Crippen LogP contribution in [-0.4, -0.2) is 16.1 Å². The highest BCUT2D eigenvalue weighted by Crippen LogP contribution is 2.45.